The summed E-state index contributed by atoms with van der Waals surface area (Å²) < 4.78 is 0. The molecule has 0 saturated carbocycles. The number of hydrogen-bond donors (Lipinski definition) is 1. The maximum atomic E-state index is 5.95. The number of nitrogens with one attached hydrogen (secondary N) is 1. The molecular weight excluding hydrogens is 230 g/mol. The van der Waals surface area contributed by atoms with E-state index in [1.165, 1.54) is 16.7 Å². The molecule has 0 amide bonds. The third-order valence-corrected chi connectivity index (χ3v) is 3.68. The van der Waals surface area contributed by atoms with Gasteiger partial charge in [-0.15, -0.1) is 0 Å². The second-order valence-electron chi connectivity index (χ2n) is 5.15. The van der Waals surface area contributed by atoms with Crippen molar-refractivity contribution in [2.75, 3.05) is 6.54 Å². The molecule has 1 heterocycles. The fourth-order valence-corrected chi connectivity index (χ4v) is 2.53. The molecule has 0 aromatic heterocycles. The lowest BCUT2D eigenvalue weighted by Crippen LogP contribution is -2.34. The molecule has 0 aliphatic carbocycles. The molecule has 2 rings (SSSR count). The van der Waals surface area contributed by atoms with E-state index in [9.17, 15) is 0 Å². The van der Waals surface area contributed by atoms with E-state index in [1.807, 2.05) is 12.1 Å². The van der Waals surface area contributed by atoms with E-state index in [0.717, 1.165) is 18.0 Å². The zero-order valence-corrected chi connectivity index (χ0v) is 11.5. The van der Waals surface area contributed by atoms with Crippen molar-refractivity contribution >= 4 is 17.2 Å². The molecule has 1 unspecified atom stereocenters. The van der Waals surface area contributed by atoms with Gasteiger partial charge in [0.2, 0.25) is 0 Å². The summed E-state index contributed by atoms with van der Waals surface area (Å²) in [6.07, 6.45) is 1.11. The Balaban J connectivity index is 2.40. The van der Waals surface area contributed by atoms with Crippen molar-refractivity contribution in [2.24, 2.45) is 5.92 Å². The smallest absolute Gasteiger partial charge is 0.0406 e. The average Bonchev–Trinajstić information content (AvgIpc) is 2.29. The minimum atomic E-state index is 0.558. The molecular formula is C15H20ClN. The molecule has 0 bridgehead atoms. The van der Waals surface area contributed by atoms with Crippen LogP contribution in [-0.2, 0) is 0 Å². The Morgan fingerprint density at radius 1 is 1.24 bits per heavy atom. The summed E-state index contributed by atoms with van der Waals surface area (Å²) in [7, 11) is 0. The van der Waals surface area contributed by atoms with Crippen LogP contribution in [0.4, 0.5) is 0 Å². The first-order chi connectivity index (χ1) is 8.08. The van der Waals surface area contributed by atoms with Gasteiger partial charge in [0.25, 0.3) is 0 Å². The van der Waals surface area contributed by atoms with Gasteiger partial charge in [0.1, 0.15) is 0 Å². The third kappa shape index (κ3) is 2.91. The Morgan fingerprint density at radius 2 is 1.88 bits per heavy atom. The summed E-state index contributed by atoms with van der Waals surface area (Å²) >= 11 is 5.95. The van der Waals surface area contributed by atoms with Gasteiger partial charge in [-0.3, -0.25) is 0 Å². The Morgan fingerprint density at radius 3 is 2.47 bits per heavy atom. The first-order valence-electron chi connectivity index (χ1n) is 6.29. The average molecular weight is 250 g/mol. The van der Waals surface area contributed by atoms with Gasteiger partial charge >= 0.3 is 0 Å². The molecule has 1 aromatic carbocycles. The van der Waals surface area contributed by atoms with Crippen molar-refractivity contribution in [3.8, 4) is 0 Å². The van der Waals surface area contributed by atoms with E-state index in [0.29, 0.717) is 12.0 Å². The molecule has 1 aromatic rings. The van der Waals surface area contributed by atoms with E-state index in [4.69, 9.17) is 11.6 Å². The van der Waals surface area contributed by atoms with Gasteiger partial charge in [-0.25, -0.2) is 0 Å². The van der Waals surface area contributed by atoms with Gasteiger partial charge in [-0.2, -0.15) is 0 Å². The van der Waals surface area contributed by atoms with Crippen LogP contribution in [0.15, 0.2) is 29.8 Å². The molecule has 0 saturated heterocycles. The quantitative estimate of drug-likeness (QED) is 0.831. The van der Waals surface area contributed by atoms with Crippen LogP contribution in [0.3, 0.4) is 0 Å². The van der Waals surface area contributed by atoms with Crippen molar-refractivity contribution in [3.63, 3.8) is 0 Å². The van der Waals surface area contributed by atoms with Crippen molar-refractivity contribution in [1.82, 2.24) is 5.32 Å². The van der Waals surface area contributed by atoms with Crippen LogP contribution in [0, 0.1) is 5.92 Å². The van der Waals surface area contributed by atoms with Crippen molar-refractivity contribution in [2.45, 2.75) is 33.2 Å². The van der Waals surface area contributed by atoms with Gasteiger partial charge in [0.05, 0.1) is 0 Å². The Hall–Kier alpha value is -0.790. The molecule has 1 aliphatic heterocycles. The van der Waals surface area contributed by atoms with Crippen LogP contribution in [0.1, 0.15) is 32.8 Å². The van der Waals surface area contributed by atoms with E-state index in [2.05, 4.69) is 38.2 Å². The van der Waals surface area contributed by atoms with E-state index in [-0.39, 0.29) is 0 Å². The Bertz CT molecular complexity index is 417. The van der Waals surface area contributed by atoms with Crippen molar-refractivity contribution in [3.05, 3.63) is 40.4 Å². The number of benzene rings is 1. The van der Waals surface area contributed by atoms with E-state index < -0.39 is 0 Å². The van der Waals surface area contributed by atoms with Crippen LogP contribution >= 0.6 is 11.6 Å². The van der Waals surface area contributed by atoms with Crippen LogP contribution in [0.2, 0.25) is 5.02 Å². The van der Waals surface area contributed by atoms with Gasteiger partial charge < -0.3 is 5.32 Å². The SMILES string of the molecule is CC1CC(c2ccc(Cl)cc2)=C(C(C)C)CN1. The first-order valence-corrected chi connectivity index (χ1v) is 6.67. The lowest BCUT2D eigenvalue weighted by atomic mass is 9.86. The van der Waals surface area contributed by atoms with Gasteiger partial charge in [0.15, 0.2) is 0 Å². The monoisotopic (exact) mass is 249 g/mol. The molecule has 1 N–H and O–H groups in total. The predicted molar refractivity (Wildman–Crippen MR) is 75.3 cm³/mol. The van der Waals surface area contributed by atoms with Crippen LogP contribution in [0.25, 0.3) is 5.57 Å². The van der Waals surface area contributed by atoms with E-state index >= 15 is 0 Å². The molecule has 1 aliphatic rings. The van der Waals surface area contributed by atoms with Crippen molar-refractivity contribution in [1.29, 1.82) is 0 Å². The minimum absolute atomic E-state index is 0.558. The minimum Gasteiger partial charge on any atom is -0.310 e. The maximum Gasteiger partial charge on any atom is 0.0406 e. The highest BCUT2D eigenvalue weighted by Crippen LogP contribution is 2.31. The van der Waals surface area contributed by atoms with Crippen molar-refractivity contribution < 1.29 is 0 Å². The Labute approximate surface area is 109 Å². The zero-order valence-electron chi connectivity index (χ0n) is 10.8. The summed E-state index contributed by atoms with van der Waals surface area (Å²) in [5.74, 6) is 0.598. The Kier molecular flexibility index (Phi) is 3.90. The molecule has 17 heavy (non-hydrogen) atoms. The van der Waals surface area contributed by atoms with Gasteiger partial charge in [-0.1, -0.05) is 43.2 Å². The highest BCUT2D eigenvalue weighted by molar-refractivity contribution is 6.30. The molecule has 2 heteroatoms. The summed E-state index contributed by atoms with van der Waals surface area (Å²) in [6.45, 7) is 7.79. The van der Waals surface area contributed by atoms with Gasteiger partial charge in [-0.05, 0) is 42.5 Å². The summed E-state index contributed by atoms with van der Waals surface area (Å²) in [6, 6.07) is 8.79. The second kappa shape index (κ2) is 5.24. The standard InChI is InChI=1S/C15H20ClN/c1-10(2)15-9-17-11(3)8-14(15)12-4-6-13(16)7-5-12/h4-7,10-11,17H,8-9H2,1-3H3. The molecule has 1 nitrogen and oxygen atoms in total. The van der Waals surface area contributed by atoms with E-state index in [1.54, 1.807) is 0 Å². The van der Waals surface area contributed by atoms with Crippen LogP contribution in [-0.4, -0.2) is 12.6 Å². The van der Waals surface area contributed by atoms with Crippen LogP contribution < -0.4 is 5.32 Å². The number of rotatable bonds is 2. The normalized spacial score (nSPS) is 21.1. The molecule has 0 fully saturated rings. The molecule has 0 radical (unpaired) electrons. The summed E-state index contributed by atoms with van der Waals surface area (Å²) in [5.41, 5.74) is 4.36. The maximum absolute atomic E-state index is 5.95. The largest absolute Gasteiger partial charge is 0.310 e. The van der Waals surface area contributed by atoms with Gasteiger partial charge in [0, 0.05) is 17.6 Å². The fourth-order valence-electron chi connectivity index (χ4n) is 2.41. The second-order valence-corrected chi connectivity index (χ2v) is 5.59. The predicted octanol–water partition coefficient (Wildman–Crippen LogP) is 4.13. The molecule has 92 valence electrons. The lowest BCUT2D eigenvalue weighted by molar-refractivity contribution is 0.537. The van der Waals surface area contributed by atoms with Crippen LogP contribution in [0.5, 0.6) is 0 Å². The highest BCUT2D eigenvalue weighted by Gasteiger charge is 2.20. The highest BCUT2D eigenvalue weighted by atomic mass is 35.5. The first kappa shape index (κ1) is 12.7. The third-order valence-electron chi connectivity index (χ3n) is 3.43. The number of hydrogen-bond acceptors (Lipinski definition) is 1. The molecule has 1 atom stereocenters. The summed E-state index contributed by atoms with van der Waals surface area (Å²) in [5, 5.41) is 4.35. The topological polar surface area (TPSA) is 12.0 Å². The summed E-state index contributed by atoms with van der Waals surface area (Å²) in [4.78, 5) is 0. The lowest BCUT2D eigenvalue weighted by Gasteiger charge is -2.29. The number of halogens is 1. The fraction of sp³-hybridized carbons (Fsp3) is 0.467. The molecule has 0 spiro atoms. The zero-order chi connectivity index (χ0) is 12.4.